The van der Waals surface area contributed by atoms with E-state index in [4.69, 9.17) is 10.3 Å². The number of rotatable bonds is 4. The number of carbonyl (C=O) groups is 1. The molecule has 6 nitrogen and oxygen atoms in total. The smallest absolute Gasteiger partial charge is 0.248 e. The zero-order valence-electron chi connectivity index (χ0n) is 14.0. The fourth-order valence-corrected chi connectivity index (χ4v) is 3.81. The molecule has 0 aromatic carbocycles. The number of hydrogen-bond acceptors (Lipinski definition) is 5. The van der Waals surface area contributed by atoms with Crippen LogP contribution in [0.15, 0.2) is 4.52 Å². The summed E-state index contributed by atoms with van der Waals surface area (Å²) in [5, 5.41) is 7.15. The van der Waals surface area contributed by atoms with E-state index in [-0.39, 0.29) is 23.9 Å². The van der Waals surface area contributed by atoms with Crippen LogP contribution in [-0.4, -0.2) is 22.1 Å². The third kappa shape index (κ3) is 4.10. The fourth-order valence-electron chi connectivity index (χ4n) is 3.81. The molecular weight excluding hydrogens is 292 g/mol. The van der Waals surface area contributed by atoms with E-state index in [9.17, 15) is 4.79 Å². The van der Waals surface area contributed by atoms with Gasteiger partial charge in [-0.2, -0.15) is 4.98 Å². The monoisotopic (exact) mass is 320 g/mol. The van der Waals surface area contributed by atoms with Gasteiger partial charge in [-0.25, -0.2) is 0 Å². The molecule has 0 spiro atoms. The molecule has 1 amide bonds. The number of carbonyl (C=O) groups excluding carboxylic acids is 1. The second-order valence-electron chi connectivity index (χ2n) is 7.18. The van der Waals surface area contributed by atoms with Crippen LogP contribution in [0.1, 0.15) is 88.4 Å². The van der Waals surface area contributed by atoms with E-state index in [2.05, 4.69) is 15.5 Å². The quantitative estimate of drug-likeness (QED) is 0.889. The Morgan fingerprint density at radius 1 is 1.22 bits per heavy atom. The van der Waals surface area contributed by atoms with E-state index < -0.39 is 0 Å². The first-order chi connectivity index (χ1) is 11.1. The van der Waals surface area contributed by atoms with Crippen molar-refractivity contribution in [3.8, 4) is 0 Å². The second kappa shape index (κ2) is 7.43. The van der Waals surface area contributed by atoms with Gasteiger partial charge in [0.2, 0.25) is 11.8 Å². The molecule has 1 aromatic rings. The molecule has 1 aromatic heterocycles. The standard InChI is InChI=1S/C17H28N4O2/c1-11(19-16(22)13-8-5-9-14(18)10-13)17-20-15(21-23-17)12-6-3-2-4-7-12/h11-14H,2-10,18H2,1H3,(H,19,22). The topological polar surface area (TPSA) is 94.0 Å². The summed E-state index contributed by atoms with van der Waals surface area (Å²) in [5.74, 6) is 1.81. The van der Waals surface area contributed by atoms with E-state index in [1.807, 2.05) is 6.92 Å². The molecular formula is C17H28N4O2. The van der Waals surface area contributed by atoms with Crippen LogP contribution in [0.4, 0.5) is 0 Å². The summed E-state index contributed by atoms with van der Waals surface area (Å²) in [6.07, 6.45) is 9.80. The van der Waals surface area contributed by atoms with Crippen molar-refractivity contribution < 1.29 is 9.32 Å². The van der Waals surface area contributed by atoms with Gasteiger partial charge in [0, 0.05) is 17.9 Å². The minimum atomic E-state index is -0.245. The number of hydrogen-bond donors (Lipinski definition) is 2. The Morgan fingerprint density at radius 3 is 2.74 bits per heavy atom. The summed E-state index contributed by atoms with van der Waals surface area (Å²) in [4.78, 5) is 16.9. The molecule has 6 heteroatoms. The minimum Gasteiger partial charge on any atom is -0.344 e. The van der Waals surface area contributed by atoms with Gasteiger partial charge >= 0.3 is 0 Å². The highest BCUT2D eigenvalue weighted by Gasteiger charge is 2.28. The molecule has 2 aliphatic carbocycles. The largest absolute Gasteiger partial charge is 0.344 e. The van der Waals surface area contributed by atoms with Crippen LogP contribution in [-0.2, 0) is 4.79 Å². The molecule has 23 heavy (non-hydrogen) atoms. The van der Waals surface area contributed by atoms with E-state index in [0.29, 0.717) is 11.8 Å². The SMILES string of the molecule is CC(NC(=O)C1CCCC(N)C1)c1nc(C2CCCCC2)no1. The van der Waals surface area contributed by atoms with Gasteiger partial charge < -0.3 is 15.6 Å². The van der Waals surface area contributed by atoms with Crippen LogP contribution >= 0.6 is 0 Å². The Labute approximate surface area is 137 Å². The van der Waals surface area contributed by atoms with Gasteiger partial charge in [0.15, 0.2) is 5.82 Å². The maximum absolute atomic E-state index is 12.4. The molecule has 0 bridgehead atoms. The van der Waals surface area contributed by atoms with Crippen LogP contribution in [0.3, 0.4) is 0 Å². The Kier molecular flexibility index (Phi) is 5.30. The highest BCUT2D eigenvalue weighted by Crippen LogP contribution is 2.31. The Morgan fingerprint density at radius 2 is 2.00 bits per heavy atom. The molecule has 3 unspecified atom stereocenters. The Balaban J connectivity index is 1.56. The lowest BCUT2D eigenvalue weighted by molar-refractivity contribution is -0.126. The van der Waals surface area contributed by atoms with Gasteiger partial charge in [0.1, 0.15) is 6.04 Å². The average Bonchev–Trinajstić information content (AvgIpc) is 3.06. The van der Waals surface area contributed by atoms with Crippen molar-refractivity contribution in [2.45, 2.75) is 82.7 Å². The average molecular weight is 320 g/mol. The van der Waals surface area contributed by atoms with E-state index in [1.54, 1.807) is 0 Å². The molecule has 2 fully saturated rings. The number of nitrogens with two attached hydrogens (primary N) is 1. The van der Waals surface area contributed by atoms with E-state index in [0.717, 1.165) is 44.3 Å². The van der Waals surface area contributed by atoms with Crippen LogP contribution in [0.25, 0.3) is 0 Å². The third-order valence-electron chi connectivity index (χ3n) is 5.24. The lowest BCUT2D eigenvalue weighted by Crippen LogP contribution is -2.38. The van der Waals surface area contributed by atoms with Crippen molar-refractivity contribution in [1.29, 1.82) is 0 Å². The van der Waals surface area contributed by atoms with Crippen molar-refractivity contribution in [2.75, 3.05) is 0 Å². The van der Waals surface area contributed by atoms with Gasteiger partial charge in [-0.1, -0.05) is 30.8 Å². The normalized spacial score (nSPS) is 27.6. The molecule has 2 saturated carbocycles. The van der Waals surface area contributed by atoms with Crippen molar-refractivity contribution in [3.63, 3.8) is 0 Å². The fraction of sp³-hybridized carbons (Fsp3) is 0.824. The predicted octanol–water partition coefficient (Wildman–Crippen LogP) is 2.81. The molecule has 0 radical (unpaired) electrons. The molecule has 2 aliphatic rings. The maximum atomic E-state index is 12.4. The summed E-state index contributed by atoms with van der Waals surface area (Å²) < 4.78 is 5.39. The Hall–Kier alpha value is -1.43. The van der Waals surface area contributed by atoms with E-state index >= 15 is 0 Å². The van der Waals surface area contributed by atoms with Gasteiger partial charge in [-0.15, -0.1) is 0 Å². The van der Waals surface area contributed by atoms with Crippen LogP contribution in [0.5, 0.6) is 0 Å². The molecule has 128 valence electrons. The summed E-state index contributed by atoms with van der Waals surface area (Å²) in [5.41, 5.74) is 5.97. The molecule has 3 rings (SSSR count). The summed E-state index contributed by atoms with van der Waals surface area (Å²) >= 11 is 0. The zero-order chi connectivity index (χ0) is 16.2. The van der Waals surface area contributed by atoms with E-state index in [1.165, 1.54) is 19.3 Å². The van der Waals surface area contributed by atoms with Crippen molar-refractivity contribution in [3.05, 3.63) is 11.7 Å². The summed E-state index contributed by atoms with van der Waals surface area (Å²) in [7, 11) is 0. The van der Waals surface area contributed by atoms with Gasteiger partial charge in [0.25, 0.3) is 0 Å². The lowest BCUT2D eigenvalue weighted by Gasteiger charge is -2.26. The van der Waals surface area contributed by atoms with Crippen molar-refractivity contribution in [1.82, 2.24) is 15.5 Å². The summed E-state index contributed by atoms with van der Waals surface area (Å²) in [6.45, 7) is 1.90. The molecule has 0 aliphatic heterocycles. The van der Waals surface area contributed by atoms with Crippen LogP contribution < -0.4 is 11.1 Å². The molecule has 3 N–H and O–H groups in total. The molecule has 0 saturated heterocycles. The minimum absolute atomic E-state index is 0.0157. The van der Waals surface area contributed by atoms with Gasteiger partial charge in [0.05, 0.1) is 0 Å². The highest BCUT2D eigenvalue weighted by molar-refractivity contribution is 5.79. The van der Waals surface area contributed by atoms with Gasteiger partial charge in [-0.3, -0.25) is 4.79 Å². The summed E-state index contributed by atoms with van der Waals surface area (Å²) in [6, 6.07) is -0.0957. The number of nitrogens with zero attached hydrogens (tertiary/aromatic N) is 2. The third-order valence-corrected chi connectivity index (χ3v) is 5.24. The first kappa shape index (κ1) is 16.4. The first-order valence-corrected chi connectivity index (χ1v) is 9.03. The number of aromatic nitrogens is 2. The second-order valence-corrected chi connectivity index (χ2v) is 7.18. The highest BCUT2D eigenvalue weighted by atomic mass is 16.5. The maximum Gasteiger partial charge on any atom is 0.248 e. The van der Waals surface area contributed by atoms with Crippen molar-refractivity contribution >= 4 is 5.91 Å². The Bertz CT molecular complexity index is 524. The molecule has 3 atom stereocenters. The lowest BCUT2D eigenvalue weighted by atomic mass is 9.85. The van der Waals surface area contributed by atoms with Crippen LogP contribution in [0.2, 0.25) is 0 Å². The predicted molar refractivity (Wildman–Crippen MR) is 86.6 cm³/mol. The zero-order valence-corrected chi connectivity index (χ0v) is 14.0. The number of nitrogens with one attached hydrogen (secondary N) is 1. The first-order valence-electron chi connectivity index (χ1n) is 9.03. The number of amides is 1. The van der Waals surface area contributed by atoms with Crippen molar-refractivity contribution in [2.24, 2.45) is 11.7 Å². The van der Waals surface area contributed by atoms with Crippen LogP contribution in [0, 0.1) is 5.92 Å². The molecule has 1 heterocycles. The van der Waals surface area contributed by atoms with Gasteiger partial charge in [-0.05, 0) is 39.0 Å².